The summed E-state index contributed by atoms with van der Waals surface area (Å²) in [4.78, 5) is 20.8. The summed E-state index contributed by atoms with van der Waals surface area (Å²) in [5.74, 6) is 0.339. The lowest BCUT2D eigenvalue weighted by Crippen LogP contribution is -2.41. The SMILES string of the molecule is Cc1nc2c(cc1Cl)C(=O)N(C)CC(CCN1CCC1)O2. The Kier molecular flexibility index (Phi) is 4.04. The summed E-state index contributed by atoms with van der Waals surface area (Å²) in [7, 11) is 1.80. The zero-order valence-corrected chi connectivity index (χ0v) is 13.2. The summed E-state index contributed by atoms with van der Waals surface area (Å²) >= 11 is 6.08. The van der Waals surface area contributed by atoms with Crippen LogP contribution < -0.4 is 4.74 Å². The maximum Gasteiger partial charge on any atom is 0.259 e. The number of fused-ring (bicyclic) bond motifs is 1. The number of pyridine rings is 1. The number of hydrogen-bond acceptors (Lipinski definition) is 4. The van der Waals surface area contributed by atoms with Gasteiger partial charge in [-0.3, -0.25) is 4.79 Å². The van der Waals surface area contributed by atoms with Crippen LogP contribution in [-0.4, -0.2) is 60.0 Å². The zero-order chi connectivity index (χ0) is 15.0. The van der Waals surface area contributed by atoms with E-state index in [1.54, 1.807) is 18.0 Å². The predicted octanol–water partition coefficient (Wildman–Crippen LogP) is 1.97. The van der Waals surface area contributed by atoms with Crippen molar-refractivity contribution < 1.29 is 9.53 Å². The highest BCUT2D eigenvalue weighted by atomic mass is 35.5. The van der Waals surface area contributed by atoms with Crippen molar-refractivity contribution in [1.29, 1.82) is 0 Å². The van der Waals surface area contributed by atoms with Gasteiger partial charge in [-0.05, 0) is 38.9 Å². The van der Waals surface area contributed by atoms with E-state index in [0.29, 0.717) is 28.7 Å². The predicted molar refractivity (Wildman–Crippen MR) is 81.0 cm³/mol. The first kappa shape index (κ1) is 14.6. The molecule has 3 heterocycles. The highest BCUT2D eigenvalue weighted by molar-refractivity contribution is 6.31. The maximum atomic E-state index is 12.4. The molecule has 2 aliphatic rings. The van der Waals surface area contributed by atoms with Gasteiger partial charge in [0.2, 0.25) is 5.88 Å². The fraction of sp³-hybridized carbons (Fsp3) is 0.600. The number of likely N-dealkylation sites (N-methyl/N-ethyl adjacent to an activating group) is 1. The van der Waals surface area contributed by atoms with E-state index in [-0.39, 0.29) is 12.0 Å². The number of halogens is 1. The van der Waals surface area contributed by atoms with Gasteiger partial charge in [0.25, 0.3) is 5.91 Å². The Morgan fingerprint density at radius 1 is 1.48 bits per heavy atom. The number of amides is 1. The van der Waals surface area contributed by atoms with Crippen LogP contribution in [-0.2, 0) is 0 Å². The molecule has 6 heteroatoms. The van der Waals surface area contributed by atoms with Crippen molar-refractivity contribution in [3.63, 3.8) is 0 Å². The lowest BCUT2D eigenvalue weighted by molar-refractivity contribution is 0.0729. The Labute approximate surface area is 129 Å². The van der Waals surface area contributed by atoms with Gasteiger partial charge in [0.05, 0.1) is 17.3 Å². The molecule has 0 spiro atoms. The Morgan fingerprint density at radius 3 is 2.90 bits per heavy atom. The van der Waals surface area contributed by atoms with Crippen LogP contribution in [0.1, 0.15) is 28.9 Å². The molecule has 21 heavy (non-hydrogen) atoms. The largest absolute Gasteiger partial charge is 0.472 e. The van der Waals surface area contributed by atoms with E-state index in [2.05, 4.69) is 9.88 Å². The number of likely N-dealkylation sites (tertiary alicyclic amines) is 1. The van der Waals surface area contributed by atoms with Crippen molar-refractivity contribution in [2.45, 2.75) is 25.9 Å². The number of aromatic nitrogens is 1. The molecule has 0 aromatic carbocycles. The second-order valence-electron chi connectivity index (χ2n) is 5.82. The third-order valence-electron chi connectivity index (χ3n) is 4.17. The van der Waals surface area contributed by atoms with Gasteiger partial charge in [-0.2, -0.15) is 0 Å². The molecule has 0 saturated carbocycles. The van der Waals surface area contributed by atoms with Gasteiger partial charge in [-0.25, -0.2) is 4.98 Å². The summed E-state index contributed by atoms with van der Waals surface area (Å²) in [5.41, 5.74) is 1.15. The third kappa shape index (κ3) is 2.99. The zero-order valence-electron chi connectivity index (χ0n) is 12.4. The Hall–Kier alpha value is -1.33. The number of nitrogens with zero attached hydrogens (tertiary/aromatic N) is 3. The van der Waals surface area contributed by atoms with Gasteiger partial charge in [0.15, 0.2) is 0 Å². The van der Waals surface area contributed by atoms with Crippen LogP contribution in [0.25, 0.3) is 0 Å². The number of ether oxygens (including phenoxy) is 1. The third-order valence-corrected chi connectivity index (χ3v) is 4.55. The second-order valence-corrected chi connectivity index (χ2v) is 6.22. The number of carbonyl (C=O) groups excluding carboxylic acids is 1. The number of aryl methyl sites for hydroxylation is 1. The van der Waals surface area contributed by atoms with E-state index in [1.807, 2.05) is 6.92 Å². The molecular formula is C15H20ClN3O2. The van der Waals surface area contributed by atoms with Crippen molar-refractivity contribution >= 4 is 17.5 Å². The lowest BCUT2D eigenvalue weighted by Gasteiger charge is -2.32. The summed E-state index contributed by atoms with van der Waals surface area (Å²) in [6, 6.07) is 1.66. The minimum Gasteiger partial charge on any atom is -0.472 e. The van der Waals surface area contributed by atoms with Gasteiger partial charge in [0.1, 0.15) is 11.7 Å². The van der Waals surface area contributed by atoms with Crippen molar-refractivity contribution in [1.82, 2.24) is 14.8 Å². The molecule has 0 radical (unpaired) electrons. The van der Waals surface area contributed by atoms with E-state index in [1.165, 1.54) is 19.5 Å². The van der Waals surface area contributed by atoms with E-state index >= 15 is 0 Å². The van der Waals surface area contributed by atoms with Gasteiger partial charge in [0, 0.05) is 13.6 Å². The highest BCUT2D eigenvalue weighted by Gasteiger charge is 2.29. The maximum absolute atomic E-state index is 12.4. The molecular weight excluding hydrogens is 290 g/mol. The molecule has 114 valence electrons. The number of hydrogen-bond donors (Lipinski definition) is 0. The standard InChI is InChI=1S/C15H20ClN3O2/c1-10-13(16)8-12-14(17-10)21-11(9-18(2)15(12)20)4-7-19-5-3-6-19/h8,11H,3-7,9H2,1-2H3. The highest BCUT2D eigenvalue weighted by Crippen LogP contribution is 2.28. The van der Waals surface area contributed by atoms with Crippen molar-refractivity contribution in [3.05, 3.63) is 22.3 Å². The normalized spacial score (nSPS) is 22.3. The van der Waals surface area contributed by atoms with Gasteiger partial charge < -0.3 is 14.5 Å². The average Bonchev–Trinajstić information content (AvgIpc) is 2.49. The molecule has 1 atom stereocenters. The first-order chi connectivity index (χ1) is 10.0. The molecule has 1 amide bonds. The molecule has 1 saturated heterocycles. The van der Waals surface area contributed by atoms with Crippen LogP contribution in [0.4, 0.5) is 0 Å². The minimum atomic E-state index is -0.0779. The summed E-state index contributed by atoms with van der Waals surface area (Å²) in [6.07, 6.45) is 2.17. The molecule has 1 unspecified atom stereocenters. The van der Waals surface area contributed by atoms with Gasteiger partial charge in [-0.1, -0.05) is 11.6 Å². The molecule has 0 bridgehead atoms. The van der Waals surface area contributed by atoms with Crippen LogP contribution >= 0.6 is 11.6 Å². The fourth-order valence-electron chi connectivity index (χ4n) is 2.67. The number of carbonyl (C=O) groups is 1. The van der Waals surface area contributed by atoms with Crippen LogP contribution in [0.15, 0.2) is 6.07 Å². The summed E-state index contributed by atoms with van der Waals surface area (Å²) in [5, 5.41) is 0.498. The van der Waals surface area contributed by atoms with E-state index in [4.69, 9.17) is 16.3 Å². The molecule has 1 aromatic rings. The molecule has 2 aliphatic heterocycles. The Morgan fingerprint density at radius 2 is 2.24 bits per heavy atom. The van der Waals surface area contributed by atoms with Crippen LogP contribution in [0.2, 0.25) is 5.02 Å². The second kappa shape index (κ2) is 5.81. The quantitative estimate of drug-likeness (QED) is 0.856. The van der Waals surface area contributed by atoms with Crippen molar-refractivity contribution in [2.24, 2.45) is 0 Å². The smallest absolute Gasteiger partial charge is 0.259 e. The van der Waals surface area contributed by atoms with Crippen LogP contribution in [0, 0.1) is 6.92 Å². The Balaban J connectivity index is 1.80. The molecule has 0 aliphatic carbocycles. The first-order valence-electron chi connectivity index (χ1n) is 7.36. The van der Waals surface area contributed by atoms with E-state index in [9.17, 15) is 4.79 Å². The molecule has 0 N–H and O–H groups in total. The van der Waals surface area contributed by atoms with Gasteiger partial charge in [-0.15, -0.1) is 0 Å². The first-order valence-corrected chi connectivity index (χ1v) is 7.74. The minimum absolute atomic E-state index is 0.0196. The number of rotatable bonds is 3. The van der Waals surface area contributed by atoms with E-state index < -0.39 is 0 Å². The van der Waals surface area contributed by atoms with Crippen LogP contribution in [0.5, 0.6) is 5.88 Å². The average molecular weight is 310 g/mol. The van der Waals surface area contributed by atoms with Crippen molar-refractivity contribution in [2.75, 3.05) is 33.2 Å². The molecule has 5 nitrogen and oxygen atoms in total. The monoisotopic (exact) mass is 309 g/mol. The van der Waals surface area contributed by atoms with Crippen LogP contribution in [0.3, 0.4) is 0 Å². The van der Waals surface area contributed by atoms with Gasteiger partial charge >= 0.3 is 0 Å². The Bertz CT molecular complexity index is 560. The molecule has 1 aromatic heterocycles. The summed E-state index contributed by atoms with van der Waals surface area (Å²) < 4.78 is 5.99. The van der Waals surface area contributed by atoms with E-state index in [0.717, 1.165) is 13.0 Å². The molecule has 3 rings (SSSR count). The lowest BCUT2D eigenvalue weighted by atomic mass is 10.1. The van der Waals surface area contributed by atoms with Crippen molar-refractivity contribution in [3.8, 4) is 5.88 Å². The fourth-order valence-corrected chi connectivity index (χ4v) is 2.82. The topological polar surface area (TPSA) is 45.7 Å². The molecule has 1 fully saturated rings. The summed E-state index contributed by atoms with van der Waals surface area (Å²) in [6.45, 7) is 5.75.